The van der Waals surface area contributed by atoms with Gasteiger partial charge in [-0.2, -0.15) is 13.2 Å². The van der Waals surface area contributed by atoms with E-state index in [4.69, 9.17) is 0 Å². The smallest absolute Gasteiger partial charge is 0.335 e. The molecule has 0 N–H and O–H groups in total. The lowest BCUT2D eigenvalue weighted by Gasteiger charge is -2.22. The van der Waals surface area contributed by atoms with Crippen molar-refractivity contribution < 1.29 is 18.0 Å². The Kier molecular flexibility index (Phi) is 4.21. The number of likely N-dealkylation sites (tertiary alicyclic amines) is 1. The minimum atomic E-state index is -4.72. The predicted octanol–water partition coefficient (Wildman–Crippen LogP) is 2.83. The molecule has 16 heavy (non-hydrogen) atoms. The topological polar surface area (TPSA) is 20.3 Å². The maximum absolute atomic E-state index is 12.2. The van der Waals surface area contributed by atoms with Crippen molar-refractivity contribution in [2.45, 2.75) is 39.3 Å². The van der Waals surface area contributed by atoms with E-state index >= 15 is 0 Å². The van der Waals surface area contributed by atoms with Crippen molar-refractivity contribution in [1.29, 1.82) is 0 Å². The van der Waals surface area contributed by atoms with Crippen LogP contribution in [0.4, 0.5) is 13.2 Å². The third kappa shape index (κ3) is 3.39. The van der Waals surface area contributed by atoms with Crippen LogP contribution < -0.4 is 0 Å². The summed E-state index contributed by atoms with van der Waals surface area (Å²) in [6.07, 6.45) is -2.46. The van der Waals surface area contributed by atoms with Crippen LogP contribution in [0.25, 0.3) is 0 Å². The molecular formula is C11H18F3NO. The summed E-state index contributed by atoms with van der Waals surface area (Å²) in [6.45, 7) is 4.63. The molecule has 1 rings (SSSR count). The zero-order valence-corrected chi connectivity index (χ0v) is 9.68. The highest BCUT2D eigenvalue weighted by atomic mass is 19.4. The van der Waals surface area contributed by atoms with Gasteiger partial charge in [0.05, 0.1) is 0 Å². The quantitative estimate of drug-likeness (QED) is 0.686. The summed E-state index contributed by atoms with van der Waals surface area (Å²) in [5.41, 5.74) is 0. The number of alkyl halides is 3. The fourth-order valence-corrected chi connectivity index (χ4v) is 2.17. The second kappa shape index (κ2) is 5.06. The van der Waals surface area contributed by atoms with Gasteiger partial charge in [-0.15, -0.1) is 0 Å². The zero-order chi connectivity index (χ0) is 12.3. The maximum Gasteiger partial charge on any atom is 0.471 e. The van der Waals surface area contributed by atoms with E-state index in [1.165, 1.54) is 0 Å². The minimum Gasteiger partial charge on any atom is -0.335 e. The second-order valence-electron chi connectivity index (χ2n) is 4.72. The Labute approximate surface area is 93.8 Å². The van der Waals surface area contributed by atoms with Gasteiger partial charge in [-0.25, -0.2) is 0 Å². The molecule has 1 atom stereocenters. The van der Waals surface area contributed by atoms with Crippen molar-refractivity contribution in [1.82, 2.24) is 4.90 Å². The third-order valence-corrected chi connectivity index (χ3v) is 3.25. The average Bonchev–Trinajstić information content (AvgIpc) is 2.39. The van der Waals surface area contributed by atoms with Crippen LogP contribution in [0.5, 0.6) is 0 Å². The van der Waals surface area contributed by atoms with Crippen LogP contribution in [-0.2, 0) is 4.79 Å². The van der Waals surface area contributed by atoms with E-state index in [1.54, 1.807) is 0 Å². The van der Waals surface area contributed by atoms with Crippen LogP contribution in [0, 0.1) is 11.8 Å². The van der Waals surface area contributed by atoms with Crippen molar-refractivity contribution >= 4 is 5.91 Å². The second-order valence-corrected chi connectivity index (χ2v) is 4.72. The maximum atomic E-state index is 12.2. The Bertz CT molecular complexity index is 250. The Morgan fingerprint density at radius 2 is 1.88 bits per heavy atom. The van der Waals surface area contributed by atoms with E-state index in [0.717, 1.165) is 11.3 Å². The molecule has 0 radical (unpaired) electrons. The lowest BCUT2D eigenvalue weighted by Crippen LogP contribution is -2.41. The van der Waals surface area contributed by atoms with Gasteiger partial charge in [0, 0.05) is 13.1 Å². The van der Waals surface area contributed by atoms with Gasteiger partial charge >= 0.3 is 12.1 Å². The van der Waals surface area contributed by atoms with E-state index in [2.05, 4.69) is 13.8 Å². The van der Waals surface area contributed by atoms with Gasteiger partial charge in [-0.1, -0.05) is 13.8 Å². The molecule has 1 fully saturated rings. The lowest BCUT2D eigenvalue weighted by atomic mass is 9.89. The van der Waals surface area contributed by atoms with E-state index in [9.17, 15) is 18.0 Å². The molecule has 94 valence electrons. The first-order chi connectivity index (χ1) is 7.32. The number of hydrogen-bond acceptors (Lipinski definition) is 1. The molecule has 1 aliphatic rings. The summed E-state index contributed by atoms with van der Waals surface area (Å²) in [4.78, 5) is 12.0. The third-order valence-electron chi connectivity index (χ3n) is 3.25. The SMILES string of the molecule is CC(C)C1CCCN(C(=O)C(F)(F)F)CC1. The standard InChI is InChI=1S/C11H18F3NO/c1-8(2)9-4-3-6-15(7-5-9)10(16)11(12,13)14/h8-9H,3-7H2,1-2H3. The van der Waals surface area contributed by atoms with Crippen LogP contribution in [-0.4, -0.2) is 30.1 Å². The van der Waals surface area contributed by atoms with Gasteiger partial charge in [0.1, 0.15) is 0 Å². The fraction of sp³-hybridized carbons (Fsp3) is 0.909. The first kappa shape index (κ1) is 13.3. The molecule has 0 aromatic heterocycles. The number of carbonyl (C=O) groups is 1. The molecule has 1 amide bonds. The van der Waals surface area contributed by atoms with Crippen LogP contribution >= 0.6 is 0 Å². The summed E-state index contributed by atoms with van der Waals surface area (Å²) in [5, 5.41) is 0. The molecule has 0 aliphatic carbocycles. The summed E-state index contributed by atoms with van der Waals surface area (Å²) in [6, 6.07) is 0. The van der Waals surface area contributed by atoms with Gasteiger partial charge in [-0.3, -0.25) is 4.79 Å². The molecular weight excluding hydrogens is 219 g/mol. The molecule has 0 saturated carbocycles. The van der Waals surface area contributed by atoms with Crippen molar-refractivity contribution in [2.75, 3.05) is 13.1 Å². The molecule has 1 aliphatic heterocycles. The normalized spacial score (nSPS) is 23.4. The van der Waals surface area contributed by atoms with Crippen molar-refractivity contribution in [3.05, 3.63) is 0 Å². The first-order valence-corrected chi connectivity index (χ1v) is 5.68. The summed E-state index contributed by atoms with van der Waals surface area (Å²) in [5.74, 6) is -0.774. The van der Waals surface area contributed by atoms with E-state index in [1.807, 2.05) is 0 Å². The van der Waals surface area contributed by atoms with Crippen molar-refractivity contribution in [2.24, 2.45) is 11.8 Å². The molecule has 2 nitrogen and oxygen atoms in total. The molecule has 0 aromatic carbocycles. The lowest BCUT2D eigenvalue weighted by molar-refractivity contribution is -0.185. The fourth-order valence-electron chi connectivity index (χ4n) is 2.17. The van der Waals surface area contributed by atoms with Gasteiger partial charge in [0.25, 0.3) is 0 Å². The molecule has 1 heterocycles. The van der Waals surface area contributed by atoms with Gasteiger partial charge in [0.15, 0.2) is 0 Å². The van der Waals surface area contributed by atoms with Crippen LogP contribution in [0.15, 0.2) is 0 Å². The number of nitrogens with zero attached hydrogens (tertiary/aromatic N) is 1. The molecule has 0 bridgehead atoms. The molecule has 0 spiro atoms. The van der Waals surface area contributed by atoms with Gasteiger partial charge < -0.3 is 4.90 Å². The van der Waals surface area contributed by atoms with Crippen molar-refractivity contribution in [3.63, 3.8) is 0 Å². The summed E-state index contributed by atoms with van der Waals surface area (Å²) < 4.78 is 36.7. The highest BCUT2D eigenvalue weighted by Gasteiger charge is 2.42. The van der Waals surface area contributed by atoms with Gasteiger partial charge in [-0.05, 0) is 31.1 Å². The van der Waals surface area contributed by atoms with Gasteiger partial charge in [0.2, 0.25) is 0 Å². The monoisotopic (exact) mass is 237 g/mol. The Morgan fingerprint density at radius 3 is 2.38 bits per heavy atom. The van der Waals surface area contributed by atoms with Crippen LogP contribution in [0.3, 0.4) is 0 Å². The highest BCUT2D eigenvalue weighted by Crippen LogP contribution is 2.27. The highest BCUT2D eigenvalue weighted by molar-refractivity contribution is 5.81. The number of rotatable bonds is 1. The van der Waals surface area contributed by atoms with E-state index in [0.29, 0.717) is 24.7 Å². The Balaban J connectivity index is 2.57. The van der Waals surface area contributed by atoms with E-state index < -0.39 is 12.1 Å². The van der Waals surface area contributed by atoms with Crippen molar-refractivity contribution in [3.8, 4) is 0 Å². The van der Waals surface area contributed by atoms with Crippen LogP contribution in [0.2, 0.25) is 0 Å². The molecule has 1 saturated heterocycles. The Hall–Kier alpha value is -0.740. The number of carbonyl (C=O) groups excluding carboxylic acids is 1. The minimum absolute atomic E-state index is 0.237. The van der Waals surface area contributed by atoms with E-state index in [-0.39, 0.29) is 13.1 Å². The number of amides is 1. The predicted molar refractivity (Wildman–Crippen MR) is 54.8 cm³/mol. The number of halogens is 3. The average molecular weight is 237 g/mol. The molecule has 5 heteroatoms. The molecule has 0 aromatic rings. The summed E-state index contributed by atoms with van der Waals surface area (Å²) in [7, 11) is 0. The number of hydrogen-bond donors (Lipinski definition) is 0. The largest absolute Gasteiger partial charge is 0.471 e. The summed E-state index contributed by atoms with van der Waals surface area (Å²) >= 11 is 0. The molecule has 1 unspecified atom stereocenters. The van der Waals surface area contributed by atoms with Crippen LogP contribution in [0.1, 0.15) is 33.1 Å². The first-order valence-electron chi connectivity index (χ1n) is 5.68. The zero-order valence-electron chi connectivity index (χ0n) is 9.68. The Morgan fingerprint density at radius 1 is 1.25 bits per heavy atom.